The molecule has 0 heterocycles. The van der Waals surface area contributed by atoms with E-state index in [0.29, 0.717) is 4.90 Å². The first kappa shape index (κ1) is 23.1. The van der Waals surface area contributed by atoms with Gasteiger partial charge in [0.1, 0.15) is 11.2 Å². The van der Waals surface area contributed by atoms with Gasteiger partial charge in [-0.25, -0.2) is 9.59 Å². The highest BCUT2D eigenvalue weighted by Crippen LogP contribution is 2.17. The van der Waals surface area contributed by atoms with E-state index in [9.17, 15) is 14.4 Å². The Morgan fingerprint density at radius 2 is 1.28 bits per heavy atom. The second kappa shape index (κ2) is 8.46. The molecule has 2 amide bonds. The van der Waals surface area contributed by atoms with E-state index in [-0.39, 0.29) is 5.11 Å². The fourth-order valence-corrected chi connectivity index (χ4v) is 1.78. The van der Waals surface area contributed by atoms with Gasteiger partial charge in [0.2, 0.25) is 0 Å². The van der Waals surface area contributed by atoms with E-state index in [1.165, 1.54) is 18.9 Å². The smallest absolute Gasteiger partial charge is 0.426 e. The van der Waals surface area contributed by atoms with Gasteiger partial charge in [0.05, 0.1) is 0 Å². The predicted octanol–water partition coefficient (Wildman–Crippen LogP) is 3.28. The fraction of sp³-hybridized carbons (Fsp3) is 0.750. The molecule has 0 aromatic rings. The lowest BCUT2D eigenvalue weighted by molar-refractivity contribution is -0.150. The zero-order valence-electron chi connectivity index (χ0n) is 16.3. The number of hydrogen-bond acceptors (Lipinski definition) is 7. The number of carbonyl (C=O) groups is 3. The first-order valence-electron chi connectivity index (χ1n) is 7.75. The van der Waals surface area contributed by atoms with Crippen LogP contribution in [0.15, 0.2) is 0 Å². The van der Waals surface area contributed by atoms with E-state index in [1.54, 1.807) is 48.5 Å². The van der Waals surface area contributed by atoms with Crippen molar-refractivity contribution in [2.24, 2.45) is 0 Å². The lowest BCUT2D eigenvalue weighted by Crippen LogP contribution is -2.53. The number of imide groups is 1. The van der Waals surface area contributed by atoms with Gasteiger partial charge in [-0.15, -0.1) is 0 Å². The van der Waals surface area contributed by atoms with E-state index in [0.717, 1.165) is 0 Å². The highest BCUT2D eigenvalue weighted by Gasteiger charge is 2.36. The first-order chi connectivity index (χ1) is 11.0. The average Bonchev–Trinajstić information content (AvgIpc) is 2.32. The number of hydrogen-bond donors (Lipinski definition) is 0. The number of rotatable bonds is 2. The maximum absolute atomic E-state index is 12.5. The Labute approximate surface area is 154 Å². The van der Waals surface area contributed by atoms with Gasteiger partial charge in [-0.1, -0.05) is 0 Å². The predicted molar refractivity (Wildman–Crippen MR) is 95.9 cm³/mol. The quantitative estimate of drug-likeness (QED) is 0.314. The SMILES string of the molecule is CC(=O)OC(C)N(C)C(=S)N(C(=O)OC(C)(C)C)C(=O)OC(C)(C)C. The minimum atomic E-state index is -0.978. The zero-order chi connectivity index (χ0) is 20.2. The standard InChI is InChI=1S/C16H28N2O6S/c1-10(22-11(2)19)17(9)12(25)18(13(20)23-15(3,4)5)14(21)24-16(6,7)8/h10H,1-9H3. The zero-order valence-corrected chi connectivity index (χ0v) is 17.1. The summed E-state index contributed by atoms with van der Waals surface area (Å²) in [7, 11) is 1.48. The minimum Gasteiger partial charge on any atom is -0.443 e. The van der Waals surface area contributed by atoms with Crippen molar-refractivity contribution in [3.8, 4) is 0 Å². The molecule has 1 atom stereocenters. The summed E-state index contributed by atoms with van der Waals surface area (Å²) in [5.41, 5.74) is -1.68. The minimum absolute atomic E-state index is 0.211. The number of ether oxygens (including phenoxy) is 3. The van der Waals surface area contributed by atoms with Crippen molar-refractivity contribution in [1.82, 2.24) is 9.80 Å². The molecule has 0 aliphatic rings. The Bertz CT molecular complexity index is 508. The number of thiocarbonyl (C=S) groups is 1. The molecule has 0 bridgehead atoms. The summed E-state index contributed by atoms with van der Waals surface area (Å²) < 4.78 is 15.5. The molecular weight excluding hydrogens is 348 g/mol. The van der Waals surface area contributed by atoms with Crippen LogP contribution in [0.5, 0.6) is 0 Å². The van der Waals surface area contributed by atoms with Gasteiger partial charge in [0.25, 0.3) is 0 Å². The van der Waals surface area contributed by atoms with Crippen LogP contribution in [-0.2, 0) is 19.0 Å². The molecule has 9 heteroatoms. The highest BCUT2D eigenvalue weighted by atomic mass is 32.1. The number of carbonyl (C=O) groups excluding carboxylic acids is 3. The molecule has 0 aliphatic heterocycles. The van der Waals surface area contributed by atoms with Crippen molar-refractivity contribution in [2.75, 3.05) is 7.05 Å². The molecule has 0 spiro atoms. The van der Waals surface area contributed by atoms with Crippen molar-refractivity contribution in [3.05, 3.63) is 0 Å². The number of esters is 1. The van der Waals surface area contributed by atoms with Crippen LogP contribution in [0.25, 0.3) is 0 Å². The maximum atomic E-state index is 12.5. The summed E-state index contributed by atoms with van der Waals surface area (Å²) >= 11 is 5.22. The van der Waals surface area contributed by atoms with Gasteiger partial charge in [-0.3, -0.25) is 4.79 Å². The Hall–Kier alpha value is -1.90. The van der Waals surface area contributed by atoms with Crippen molar-refractivity contribution in [1.29, 1.82) is 0 Å². The summed E-state index contributed by atoms with van der Waals surface area (Å²) in [6.07, 6.45) is -2.75. The van der Waals surface area contributed by atoms with E-state index < -0.39 is 35.6 Å². The van der Waals surface area contributed by atoms with Crippen LogP contribution in [-0.4, -0.2) is 57.5 Å². The molecule has 8 nitrogen and oxygen atoms in total. The molecule has 25 heavy (non-hydrogen) atoms. The summed E-state index contributed by atoms with van der Waals surface area (Å²) in [6.45, 7) is 12.7. The largest absolute Gasteiger partial charge is 0.443 e. The van der Waals surface area contributed by atoms with E-state index >= 15 is 0 Å². The third-order valence-corrected chi connectivity index (χ3v) is 3.00. The van der Waals surface area contributed by atoms with Crippen LogP contribution < -0.4 is 0 Å². The summed E-state index contributed by atoms with van der Waals surface area (Å²) in [5, 5.41) is -0.211. The molecule has 0 saturated carbocycles. The van der Waals surface area contributed by atoms with Crippen LogP contribution in [0.1, 0.15) is 55.4 Å². The maximum Gasteiger partial charge on any atom is 0.426 e. The fourth-order valence-electron chi connectivity index (χ4n) is 1.48. The average molecular weight is 376 g/mol. The lowest BCUT2D eigenvalue weighted by Gasteiger charge is -2.33. The van der Waals surface area contributed by atoms with E-state index in [4.69, 9.17) is 26.4 Å². The van der Waals surface area contributed by atoms with E-state index in [1.807, 2.05) is 0 Å². The van der Waals surface area contributed by atoms with Crippen LogP contribution in [0.2, 0.25) is 0 Å². The first-order valence-corrected chi connectivity index (χ1v) is 8.16. The molecule has 0 N–H and O–H groups in total. The van der Waals surface area contributed by atoms with Gasteiger partial charge < -0.3 is 19.1 Å². The van der Waals surface area contributed by atoms with Gasteiger partial charge in [-0.05, 0) is 60.7 Å². The van der Waals surface area contributed by atoms with E-state index in [2.05, 4.69) is 0 Å². The molecule has 0 saturated heterocycles. The molecule has 0 radical (unpaired) electrons. The van der Waals surface area contributed by atoms with Crippen LogP contribution in [0.4, 0.5) is 9.59 Å². The molecule has 0 aromatic heterocycles. The topological polar surface area (TPSA) is 85.4 Å². The second-order valence-corrected chi connectivity index (χ2v) is 7.76. The molecule has 144 valence electrons. The van der Waals surface area contributed by atoms with Crippen LogP contribution in [0, 0.1) is 0 Å². The van der Waals surface area contributed by atoms with Crippen molar-refractivity contribution < 1.29 is 28.6 Å². The molecular formula is C16H28N2O6S. The van der Waals surface area contributed by atoms with Gasteiger partial charge in [0.15, 0.2) is 11.3 Å². The third kappa shape index (κ3) is 8.67. The van der Waals surface area contributed by atoms with Crippen LogP contribution >= 0.6 is 12.2 Å². The Morgan fingerprint density at radius 1 is 0.920 bits per heavy atom. The Morgan fingerprint density at radius 3 is 1.56 bits per heavy atom. The molecule has 0 fully saturated rings. The molecule has 0 aliphatic carbocycles. The Kier molecular flexibility index (Phi) is 7.82. The normalized spacial score (nSPS) is 12.7. The summed E-state index contributed by atoms with van der Waals surface area (Å²) in [4.78, 5) is 37.9. The second-order valence-electron chi connectivity index (χ2n) is 7.40. The highest BCUT2D eigenvalue weighted by molar-refractivity contribution is 7.80. The molecule has 0 rings (SSSR count). The number of amides is 2. The number of nitrogens with zero attached hydrogens (tertiary/aromatic N) is 2. The van der Waals surface area contributed by atoms with Crippen LogP contribution in [0.3, 0.4) is 0 Å². The monoisotopic (exact) mass is 376 g/mol. The molecule has 1 unspecified atom stereocenters. The third-order valence-electron chi connectivity index (χ3n) is 2.53. The Balaban J connectivity index is 5.56. The van der Waals surface area contributed by atoms with Gasteiger partial charge >= 0.3 is 18.2 Å². The molecule has 0 aromatic carbocycles. The van der Waals surface area contributed by atoms with Crippen molar-refractivity contribution >= 4 is 35.5 Å². The van der Waals surface area contributed by atoms with Crippen molar-refractivity contribution in [2.45, 2.75) is 72.8 Å². The lowest BCUT2D eigenvalue weighted by atomic mass is 10.2. The van der Waals surface area contributed by atoms with Crippen molar-refractivity contribution in [3.63, 3.8) is 0 Å². The van der Waals surface area contributed by atoms with Gasteiger partial charge in [0, 0.05) is 14.0 Å². The summed E-state index contributed by atoms with van der Waals surface area (Å²) in [6, 6.07) is 0. The van der Waals surface area contributed by atoms with Gasteiger partial charge in [-0.2, -0.15) is 4.90 Å². The summed E-state index contributed by atoms with van der Waals surface area (Å²) in [5.74, 6) is -0.525.